The lowest BCUT2D eigenvalue weighted by molar-refractivity contribution is -0.384. The molecule has 9 heteroatoms. The van der Waals surface area contributed by atoms with Gasteiger partial charge in [-0.2, -0.15) is 5.26 Å². The molecule has 0 aliphatic carbocycles. The molecule has 2 N–H and O–H groups in total. The summed E-state index contributed by atoms with van der Waals surface area (Å²) < 4.78 is 1.92. The van der Waals surface area contributed by atoms with Crippen LogP contribution in [-0.2, 0) is 11.3 Å². The Labute approximate surface area is 171 Å². The molecule has 29 heavy (non-hydrogen) atoms. The van der Waals surface area contributed by atoms with Gasteiger partial charge in [-0.15, -0.1) is 11.3 Å². The van der Waals surface area contributed by atoms with E-state index >= 15 is 0 Å². The van der Waals surface area contributed by atoms with Crippen LogP contribution in [0, 0.1) is 35.3 Å². The number of rotatable bonds is 7. The lowest BCUT2D eigenvalue weighted by Gasteiger charge is -2.13. The lowest BCUT2D eigenvalue weighted by Crippen LogP contribution is -2.24. The van der Waals surface area contributed by atoms with Crippen molar-refractivity contribution in [3.63, 3.8) is 0 Å². The molecule has 0 aliphatic heterocycles. The number of nitrogens with one attached hydrogen (secondary N) is 2. The summed E-state index contributed by atoms with van der Waals surface area (Å²) >= 11 is 1.60. The first-order chi connectivity index (χ1) is 13.9. The van der Waals surface area contributed by atoms with E-state index in [0.29, 0.717) is 23.6 Å². The number of non-ortho nitro benzene ring substituents is 1. The number of hydrogen-bond acceptors (Lipinski definition) is 6. The summed E-state index contributed by atoms with van der Waals surface area (Å²) in [6.07, 6.45) is 0. The number of carbonyl (C=O) groups excluding carboxylic acids is 1. The Morgan fingerprint density at radius 1 is 1.31 bits per heavy atom. The first-order valence-corrected chi connectivity index (χ1v) is 9.69. The summed E-state index contributed by atoms with van der Waals surface area (Å²) in [4.78, 5) is 24.0. The molecule has 3 aromatic rings. The molecule has 1 amide bonds. The van der Waals surface area contributed by atoms with E-state index in [1.807, 2.05) is 35.9 Å². The number of anilines is 2. The fourth-order valence-electron chi connectivity index (χ4n) is 2.97. The Morgan fingerprint density at radius 2 is 2.10 bits per heavy atom. The van der Waals surface area contributed by atoms with Gasteiger partial charge in [-0.3, -0.25) is 14.9 Å². The van der Waals surface area contributed by atoms with Crippen LogP contribution in [0.2, 0.25) is 0 Å². The maximum Gasteiger partial charge on any atom is 0.271 e. The molecule has 0 saturated heterocycles. The zero-order valence-corrected chi connectivity index (χ0v) is 16.7. The van der Waals surface area contributed by atoms with Crippen LogP contribution in [-0.4, -0.2) is 21.9 Å². The van der Waals surface area contributed by atoms with Crippen molar-refractivity contribution in [3.05, 3.63) is 73.6 Å². The number of benzene rings is 1. The fraction of sp³-hybridized carbons (Fsp3) is 0.200. The average molecular weight is 409 g/mol. The van der Waals surface area contributed by atoms with Crippen LogP contribution in [0.3, 0.4) is 0 Å². The van der Waals surface area contributed by atoms with E-state index in [0.717, 1.165) is 16.1 Å². The van der Waals surface area contributed by atoms with Gasteiger partial charge in [0, 0.05) is 28.4 Å². The SMILES string of the molecule is Cc1c(C#N)c(NC(=O)CNc2cccc([N+](=O)[O-])c2)n(Cc2cccs2)c1C. The van der Waals surface area contributed by atoms with E-state index in [4.69, 9.17) is 0 Å². The van der Waals surface area contributed by atoms with Gasteiger partial charge >= 0.3 is 0 Å². The van der Waals surface area contributed by atoms with Gasteiger partial charge in [-0.05, 0) is 36.9 Å². The largest absolute Gasteiger partial charge is 0.376 e. The highest BCUT2D eigenvalue weighted by Gasteiger charge is 2.20. The molecule has 2 aromatic heterocycles. The van der Waals surface area contributed by atoms with Gasteiger partial charge in [0.25, 0.3) is 5.69 Å². The van der Waals surface area contributed by atoms with Crippen molar-refractivity contribution in [2.75, 3.05) is 17.2 Å². The summed E-state index contributed by atoms with van der Waals surface area (Å²) in [6, 6.07) is 12.1. The molecule has 8 nitrogen and oxygen atoms in total. The molecule has 2 heterocycles. The maximum absolute atomic E-state index is 12.5. The second kappa shape index (κ2) is 8.58. The molecule has 148 valence electrons. The highest BCUT2D eigenvalue weighted by molar-refractivity contribution is 7.09. The van der Waals surface area contributed by atoms with Crippen LogP contribution in [0.1, 0.15) is 21.7 Å². The van der Waals surface area contributed by atoms with Gasteiger partial charge in [0.15, 0.2) is 0 Å². The van der Waals surface area contributed by atoms with Crippen LogP contribution in [0.5, 0.6) is 0 Å². The second-order valence-corrected chi connectivity index (χ2v) is 7.45. The van der Waals surface area contributed by atoms with Crippen LogP contribution in [0.25, 0.3) is 0 Å². The number of nitrogens with zero attached hydrogens (tertiary/aromatic N) is 3. The Kier molecular flexibility index (Phi) is 5.95. The van der Waals surface area contributed by atoms with E-state index in [2.05, 4.69) is 16.7 Å². The van der Waals surface area contributed by atoms with Crippen molar-refractivity contribution >= 4 is 34.4 Å². The molecule has 0 aliphatic rings. The Balaban J connectivity index is 1.77. The molecule has 1 aromatic carbocycles. The first-order valence-electron chi connectivity index (χ1n) is 8.81. The van der Waals surface area contributed by atoms with Crippen LogP contribution in [0.4, 0.5) is 17.2 Å². The molecule has 3 rings (SSSR count). The fourth-order valence-corrected chi connectivity index (χ4v) is 3.67. The maximum atomic E-state index is 12.5. The Hall–Kier alpha value is -3.64. The minimum absolute atomic E-state index is 0.0572. The van der Waals surface area contributed by atoms with Crippen molar-refractivity contribution in [1.82, 2.24) is 4.57 Å². The van der Waals surface area contributed by atoms with Crippen molar-refractivity contribution in [2.24, 2.45) is 0 Å². The molecular formula is C20H19N5O3S. The number of nitro groups is 1. The third kappa shape index (κ3) is 4.44. The standard InChI is InChI=1S/C20H19N5O3S/c1-13-14(2)24(12-17-7-4-8-29-17)20(18(13)10-21)23-19(26)11-22-15-5-3-6-16(9-15)25(27)28/h3-9,22H,11-12H2,1-2H3,(H,23,26). The summed E-state index contributed by atoms with van der Waals surface area (Å²) in [7, 11) is 0. The van der Waals surface area contributed by atoms with Gasteiger partial charge < -0.3 is 15.2 Å². The Bertz CT molecular complexity index is 1100. The molecule has 0 atom stereocenters. The molecular weight excluding hydrogens is 390 g/mol. The molecule has 0 bridgehead atoms. The summed E-state index contributed by atoms with van der Waals surface area (Å²) in [6.45, 7) is 4.24. The monoisotopic (exact) mass is 409 g/mol. The van der Waals surface area contributed by atoms with Crippen LogP contribution < -0.4 is 10.6 Å². The van der Waals surface area contributed by atoms with Gasteiger partial charge in [-0.1, -0.05) is 12.1 Å². The average Bonchev–Trinajstić information content (AvgIpc) is 3.29. The molecule has 0 fully saturated rings. The predicted octanol–water partition coefficient (Wildman–Crippen LogP) is 4.05. The predicted molar refractivity (Wildman–Crippen MR) is 112 cm³/mol. The van der Waals surface area contributed by atoms with Crippen LogP contribution in [0.15, 0.2) is 41.8 Å². The van der Waals surface area contributed by atoms with Gasteiger partial charge in [0.1, 0.15) is 11.9 Å². The van der Waals surface area contributed by atoms with E-state index in [9.17, 15) is 20.2 Å². The number of thiophene rings is 1. The van der Waals surface area contributed by atoms with Crippen molar-refractivity contribution in [3.8, 4) is 6.07 Å². The number of hydrogen-bond donors (Lipinski definition) is 2. The summed E-state index contributed by atoms with van der Waals surface area (Å²) in [5, 5.41) is 28.1. The quantitative estimate of drug-likeness (QED) is 0.451. The number of amides is 1. The van der Waals surface area contributed by atoms with Gasteiger partial charge in [0.05, 0.1) is 23.6 Å². The van der Waals surface area contributed by atoms with Crippen LogP contribution >= 0.6 is 11.3 Å². The van der Waals surface area contributed by atoms with E-state index < -0.39 is 4.92 Å². The summed E-state index contributed by atoms with van der Waals surface area (Å²) in [5.74, 6) is 0.111. The second-order valence-electron chi connectivity index (χ2n) is 6.42. The third-order valence-corrected chi connectivity index (χ3v) is 5.46. The normalized spacial score (nSPS) is 10.4. The molecule has 0 spiro atoms. The number of nitro benzene ring substituents is 1. The van der Waals surface area contributed by atoms with E-state index in [1.165, 1.54) is 12.1 Å². The minimum atomic E-state index is -0.493. The number of carbonyl (C=O) groups is 1. The topological polar surface area (TPSA) is 113 Å². The lowest BCUT2D eigenvalue weighted by atomic mass is 10.2. The van der Waals surface area contributed by atoms with Crippen molar-refractivity contribution < 1.29 is 9.72 Å². The first kappa shape index (κ1) is 20.1. The number of nitriles is 1. The number of aromatic nitrogens is 1. The van der Waals surface area contributed by atoms with Crippen molar-refractivity contribution in [1.29, 1.82) is 5.26 Å². The zero-order chi connectivity index (χ0) is 21.0. The summed E-state index contributed by atoms with van der Waals surface area (Å²) in [5.41, 5.74) is 2.58. The highest BCUT2D eigenvalue weighted by Crippen LogP contribution is 2.28. The minimum Gasteiger partial charge on any atom is -0.376 e. The highest BCUT2D eigenvalue weighted by atomic mass is 32.1. The smallest absolute Gasteiger partial charge is 0.271 e. The van der Waals surface area contributed by atoms with Gasteiger partial charge in [0.2, 0.25) is 5.91 Å². The molecule has 0 unspecified atom stereocenters. The zero-order valence-electron chi connectivity index (χ0n) is 15.9. The Morgan fingerprint density at radius 3 is 2.76 bits per heavy atom. The van der Waals surface area contributed by atoms with E-state index in [-0.39, 0.29) is 18.1 Å². The molecule has 0 saturated carbocycles. The molecule has 0 radical (unpaired) electrons. The van der Waals surface area contributed by atoms with E-state index in [1.54, 1.807) is 23.5 Å². The van der Waals surface area contributed by atoms with Crippen molar-refractivity contribution in [2.45, 2.75) is 20.4 Å². The third-order valence-electron chi connectivity index (χ3n) is 4.60. The van der Waals surface area contributed by atoms with Gasteiger partial charge in [-0.25, -0.2) is 0 Å².